The van der Waals surface area contributed by atoms with Crippen molar-refractivity contribution >= 4 is 23.5 Å². The van der Waals surface area contributed by atoms with Gasteiger partial charge in [-0.15, -0.1) is 0 Å². The number of aromatic nitrogens is 6. The summed E-state index contributed by atoms with van der Waals surface area (Å²) in [6.07, 6.45) is 6.99. The molecule has 8 nitrogen and oxygen atoms in total. The molecule has 32 heavy (non-hydrogen) atoms. The Bertz CT molecular complexity index is 1220. The predicted molar refractivity (Wildman–Crippen MR) is 125 cm³/mol. The average molecular weight is 448 g/mol. The molecule has 0 fully saturated rings. The second kappa shape index (κ2) is 8.96. The second-order valence-corrected chi connectivity index (χ2v) is 9.33. The van der Waals surface area contributed by atoms with Crippen molar-refractivity contribution in [3.05, 3.63) is 78.0 Å². The molecule has 0 bridgehead atoms. The largest absolute Gasteiger partial charge is 0.329 e. The number of imidazole rings is 1. The Balaban J connectivity index is 1.56. The van der Waals surface area contributed by atoms with Crippen molar-refractivity contribution < 1.29 is 4.79 Å². The van der Waals surface area contributed by atoms with Gasteiger partial charge in [-0.1, -0.05) is 44.7 Å². The van der Waals surface area contributed by atoms with Crippen LogP contribution in [0.1, 0.15) is 42.4 Å². The van der Waals surface area contributed by atoms with Crippen molar-refractivity contribution in [1.29, 1.82) is 0 Å². The molecule has 0 spiro atoms. The lowest BCUT2D eigenvalue weighted by molar-refractivity contribution is 0.102. The summed E-state index contributed by atoms with van der Waals surface area (Å²) in [5, 5.41) is 8.56. The molecule has 0 unspecified atom stereocenters. The normalized spacial score (nSPS) is 11.5. The highest BCUT2D eigenvalue weighted by Crippen LogP contribution is 2.26. The topological polar surface area (TPSA) is 90.5 Å². The van der Waals surface area contributed by atoms with Gasteiger partial charge < -0.3 is 9.88 Å². The monoisotopic (exact) mass is 447 g/mol. The molecule has 0 aliphatic rings. The third-order valence-electron chi connectivity index (χ3n) is 4.80. The first-order valence-corrected chi connectivity index (χ1v) is 11.2. The SMILES string of the molecule is Cn1ccnc1SCc1cccc(C(=O)Nc2cc(C(C)(C)C)nn2-c2ncccn2)c1. The molecule has 1 amide bonds. The fraction of sp³-hybridized carbons (Fsp3) is 0.261. The fourth-order valence-electron chi connectivity index (χ4n) is 3.02. The van der Waals surface area contributed by atoms with Crippen LogP contribution in [0.2, 0.25) is 0 Å². The van der Waals surface area contributed by atoms with Crippen molar-refractivity contribution in [3.8, 4) is 5.95 Å². The molecule has 164 valence electrons. The van der Waals surface area contributed by atoms with E-state index < -0.39 is 0 Å². The molecule has 0 radical (unpaired) electrons. The quantitative estimate of drug-likeness (QED) is 0.445. The molecule has 1 N–H and O–H groups in total. The average Bonchev–Trinajstić information content (AvgIpc) is 3.39. The lowest BCUT2D eigenvalue weighted by atomic mass is 9.92. The van der Waals surface area contributed by atoms with E-state index in [1.165, 1.54) is 0 Å². The lowest BCUT2D eigenvalue weighted by Gasteiger charge is -2.13. The molecule has 0 atom stereocenters. The van der Waals surface area contributed by atoms with Gasteiger partial charge in [0, 0.05) is 54.6 Å². The first-order valence-electron chi connectivity index (χ1n) is 10.2. The Labute approximate surface area is 191 Å². The van der Waals surface area contributed by atoms with Gasteiger partial charge in [-0.3, -0.25) is 4.79 Å². The van der Waals surface area contributed by atoms with Gasteiger partial charge in [0.15, 0.2) is 5.16 Å². The Hall–Kier alpha value is -3.46. The second-order valence-electron chi connectivity index (χ2n) is 8.39. The third kappa shape index (κ3) is 4.88. The number of hydrogen-bond acceptors (Lipinski definition) is 6. The van der Waals surface area contributed by atoms with E-state index in [0.717, 1.165) is 22.2 Å². The van der Waals surface area contributed by atoms with Crippen LogP contribution in [0.15, 0.2) is 66.3 Å². The maximum Gasteiger partial charge on any atom is 0.256 e. The van der Waals surface area contributed by atoms with Crippen molar-refractivity contribution in [2.75, 3.05) is 5.32 Å². The predicted octanol–water partition coefficient (Wildman–Crippen LogP) is 4.24. The van der Waals surface area contributed by atoms with E-state index in [4.69, 9.17) is 0 Å². The van der Waals surface area contributed by atoms with Gasteiger partial charge in [0.2, 0.25) is 0 Å². The Morgan fingerprint density at radius 1 is 1.06 bits per heavy atom. The maximum atomic E-state index is 13.1. The zero-order valence-electron chi connectivity index (χ0n) is 18.5. The number of anilines is 1. The Kier molecular flexibility index (Phi) is 6.09. The van der Waals surface area contributed by atoms with Gasteiger partial charge in [-0.25, -0.2) is 15.0 Å². The van der Waals surface area contributed by atoms with Gasteiger partial charge in [0.1, 0.15) is 5.82 Å². The molecule has 4 rings (SSSR count). The summed E-state index contributed by atoms with van der Waals surface area (Å²) < 4.78 is 3.54. The van der Waals surface area contributed by atoms with E-state index in [1.807, 2.05) is 42.1 Å². The molecular formula is C23H25N7OS. The number of thioether (sulfide) groups is 1. The molecule has 0 saturated carbocycles. The number of aryl methyl sites for hydroxylation is 1. The van der Waals surface area contributed by atoms with Crippen molar-refractivity contribution in [2.24, 2.45) is 7.05 Å². The molecule has 4 aromatic rings. The Morgan fingerprint density at radius 2 is 1.84 bits per heavy atom. The molecule has 1 aromatic carbocycles. The number of hydrogen-bond donors (Lipinski definition) is 1. The van der Waals surface area contributed by atoms with Crippen LogP contribution >= 0.6 is 11.8 Å². The number of nitrogens with one attached hydrogen (secondary N) is 1. The summed E-state index contributed by atoms with van der Waals surface area (Å²) in [6.45, 7) is 6.21. The number of benzene rings is 1. The molecule has 0 aliphatic carbocycles. The van der Waals surface area contributed by atoms with Gasteiger partial charge in [-0.2, -0.15) is 9.78 Å². The Morgan fingerprint density at radius 3 is 2.53 bits per heavy atom. The summed E-state index contributed by atoms with van der Waals surface area (Å²) >= 11 is 1.63. The van der Waals surface area contributed by atoms with Crippen LogP contribution in [0.5, 0.6) is 0 Å². The molecule has 3 heterocycles. The minimum atomic E-state index is -0.216. The van der Waals surface area contributed by atoms with Gasteiger partial charge in [0.25, 0.3) is 11.9 Å². The van der Waals surface area contributed by atoms with Crippen LogP contribution in [0.3, 0.4) is 0 Å². The van der Waals surface area contributed by atoms with E-state index in [9.17, 15) is 4.79 Å². The zero-order chi connectivity index (χ0) is 22.7. The standard InChI is InChI=1S/C23H25N7OS/c1-23(2,3)18-14-19(30(28-18)21-24-9-6-10-25-21)27-20(31)17-8-5-7-16(13-17)15-32-22-26-11-12-29(22)4/h5-14H,15H2,1-4H3,(H,27,31). The highest BCUT2D eigenvalue weighted by Gasteiger charge is 2.22. The highest BCUT2D eigenvalue weighted by atomic mass is 32.2. The summed E-state index contributed by atoms with van der Waals surface area (Å²) in [5.41, 5.74) is 2.25. The van der Waals surface area contributed by atoms with Crippen molar-refractivity contribution in [3.63, 3.8) is 0 Å². The number of carbonyl (C=O) groups excluding carboxylic acids is 1. The van der Waals surface area contributed by atoms with Gasteiger partial charge in [-0.05, 0) is 23.8 Å². The fourth-order valence-corrected chi connectivity index (χ4v) is 3.89. The molecule has 0 aliphatic heterocycles. The third-order valence-corrected chi connectivity index (χ3v) is 5.92. The smallest absolute Gasteiger partial charge is 0.256 e. The van der Waals surface area contributed by atoms with Gasteiger partial charge >= 0.3 is 0 Å². The molecule has 0 saturated heterocycles. The highest BCUT2D eigenvalue weighted by molar-refractivity contribution is 7.98. The summed E-state index contributed by atoms with van der Waals surface area (Å²) in [4.78, 5) is 26.0. The summed E-state index contributed by atoms with van der Waals surface area (Å²) in [6, 6.07) is 11.2. The number of carbonyl (C=O) groups is 1. The number of rotatable bonds is 6. The van der Waals surface area contributed by atoms with E-state index in [2.05, 4.69) is 46.1 Å². The lowest BCUT2D eigenvalue weighted by Crippen LogP contribution is -2.16. The number of nitrogens with zero attached hydrogens (tertiary/aromatic N) is 6. The number of amides is 1. The molecule has 9 heteroatoms. The van der Waals surface area contributed by atoms with Gasteiger partial charge in [0.05, 0.1) is 5.69 Å². The van der Waals surface area contributed by atoms with E-state index in [1.54, 1.807) is 47.2 Å². The van der Waals surface area contributed by atoms with Crippen molar-refractivity contribution in [1.82, 2.24) is 29.3 Å². The van der Waals surface area contributed by atoms with Crippen LogP contribution in [0.25, 0.3) is 5.95 Å². The molecular weight excluding hydrogens is 422 g/mol. The van der Waals surface area contributed by atoms with Crippen molar-refractivity contribution in [2.45, 2.75) is 37.1 Å². The van der Waals surface area contributed by atoms with E-state index in [0.29, 0.717) is 17.3 Å². The van der Waals surface area contributed by atoms with E-state index >= 15 is 0 Å². The first kappa shape index (κ1) is 21.8. The summed E-state index contributed by atoms with van der Waals surface area (Å²) in [7, 11) is 1.96. The molecule has 3 aromatic heterocycles. The summed E-state index contributed by atoms with van der Waals surface area (Å²) in [5.74, 6) is 1.43. The van der Waals surface area contributed by atoms with Crippen LogP contribution < -0.4 is 5.32 Å². The zero-order valence-corrected chi connectivity index (χ0v) is 19.3. The van der Waals surface area contributed by atoms with Crippen LogP contribution in [0, 0.1) is 0 Å². The first-order chi connectivity index (χ1) is 15.3. The maximum absolute atomic E-state index is 13.1. The van der Waals surface area contributed by atoms with Crippen LogP contribution in [-0.4, -0.2) is 35.2 Å². The van der Waals surface area contributed by atoms with Crippen LogP contribution in [0.4, 0.5) is 5.82 Å². The minimum absolute atomic E-state index is 0.193. The van der Waals surface area contributed by atoms with Crippen LogP contribution in [-0.2, 0) is 18.2 Å². The van der Waals surface area contributed by atoms with E-state index in [-0.39, 0.29) is 11.3 Å². The minimum Gasteiger partial charge on any atom is -0.329 e.